The van der Waals surface area contributed by atoms with Gasteiger partial charge in [-0.2, -0.15) is 5.10 Å². The molecule has 3 rings (SSSR count). The van der Waals surface area contributed by atoms with E-state index < -0.39 is 0 Å². The van der Waals surface area contributed by atoms with Crippen molar-refractivity contribution in [3.63, 3.8) is 0 Å². The molecular weight excluding hydrogens is 350 g/mol. The summed E-state index contributed by atoms with van der Waals surface area (Å²) in [5, 5.41) is 7.89. The van der Waals surface area contributed by atoms with Crippen LogP contribution in [0, 0.1) is 0 Å². The standard InChI is InChI=1S/C19H20ClN5O/c1-24(2)18-8-5-15(12-21-18)11-19(26)22-17-9-10-25(23-17)13-14-3-6-16(20)7-4-14/h3-10,12H,11,13H2,1-2H3,(H,22,23,26). The molecule has 3 aromatic rings. The van der Waals surface area contributed by atoms with Crippen molar-refractivity contribution in [3.8, 4) is 0 Å². The number of rotatable bonds is 6. The van der Waals surface area contributed by atoms with Crippen LogP contribution in [-0.4, -0.2) is 34.8 Å². The molecule has 0 unspecified atom stereocenters. The van der Waals surface area contributed by atoms with E-state index in [1.165, 1.54) is 0 Å². The molecule has 134 valence electrons. The van der Waals surface area contributed by atoms with E-state index in [1.54, 1.807) is 16.9 Å². The highest BCUT2D eigenvalue weighted by atomic mass is 35.5. The minimum atomic E-state index is -0.124. The van der Waals surface area contributed by atoms with E-state index in [2.05, 4.69) is 15.4 Å². The monoisotopic (exact) mass is 369 g/mol. The van der Waals surface area contributed by atoms with E-state index in [0.29, 0.717) is 17.4 Å². The summed E-state index contributed by atoms with van der Waals surface area (Å²) in [7, 11) is 3.85. The summed E-state index contributed by atoms with van der Waals surface area (Å²) in [6.45, 7) is 0.614. The Kier molecular flexibility index (Phi) is 5.53. The van der Waals surface area contributed by atoms with Gasteiger partial charge in [-0.05, 0) is 29.3 Å². The molecule has 0 radical (unpaired) electrons. The van der Waals surface area contributed by atoms with Crippen molar-refractivity contribution in [1.29, 1.82) is 0 Å². The molecule has 26 heavy (non-hydrogen) atoms. The fraction of sp³-hybridized carbons (Fsp3) is 0.211. The maximum absolute atomic E-state index is 12.2. The lowest BCUT2D eigenvalue weighted by atomic mass is 10.2. The molecule has 0 aliphatic heterocycles. The Bertz CT molecular complexity index is 872. The van der Waals surface area contributed by atoms with Crippen molar-refractivity contribution in [2.24, 2.45) is 0 Å². The third kappa shape index (κ3) is 4.83. The highest BCUT2D eigenvalue weighted by Crippen LogP contribution is 2.12. The molecule has 0 bridgehead atoms. The lowest BCUT2D eigenvalue weighted by Gasteiger charge is -2.11. The number of pyridine rings is 1. The molecule has 0 aliphatic carbocycles. The Morgan fingerprint density at radius 3 is 2.50 bits per heavy atom. The second kappa shape index (κ2) is 8.01. The average Bonchev–Trinajstić information content (AvgIpc) is 3.04. The fourth-order valence-electron chi connectivity index (χ4n) is 2.45. The quantitative estimate of drug-likeness (QED) is 0.724. The number of nitrogens with one attached hydrogen (secondary N) is 1. The van der Waals surface area contributed by atoms with Gasteiger partial charge in [0.1, 0.15) is 5.82 Å². The first kappa shape index (κ1) is 17.9. The molecule has 1 N–H and O–H groups in total. The highest BCUT2D eigenvalue weighted by Gasteiger charge is 2.08. The predicted molar refractivity (Wildman–Crippen MR) is 104 cm³/mol. The van der Waals surface area contributed by atoms with Crippen molar-refractivity contribution in [2.45, 2.75) is 13.0 Å². The molecule has 7 heteroatoms. The first-order valence-electron chi connectivity index (χ1n) is 8.19. The Hall–Kier alpha value is -2.86. The zero-order valence-electron chi connectivity index (χ0n) is 14.7. The number of hydrogen-bond acceptors (Lipinski definition) is 4. The van der Waals surface area contributed by atoms with Gasteiger partial charge in [0, 0.05) is 37.6 Å². The fourth-order valence-corrected chi connectivity index (χ4v) is 2.58. The van der Waals surface area contributed by atoms with Crippen LogP contribution in [0.5, 0.6) is 0 Å². The van der Waals surface area contributed by atoms with Gasteiger partial charge >= 0.3 is 0 Å². The molecule has 1 aromatic carbocycles. The molecule has 1 amide bonds. The molecule has 6 nitrogen and oxygen atoms in total. The Labute approximate surface area is 157 Å². The van der Waals surface area contributed by atoms with Gasteiger partial charge < -0.3 is 10.2 Å². The van der Waals surface area contributed by atoms with Crippen molar-refractivity contribution in [2.75, 3.05) is 24.3 Å². The number of hydrogen-bond donors (Lipinski definition) is 1. The normalized spacial score (nSPS) is 10.6. The van der Waals surface area contributed by atoms with Crippen LogP contribution in [0.4, 0.5) is 11.6 Å². The number of carbonyl (C=O) groups excluding carboxylic acids is 1. The maximum atomic E-state index is 12.2. The molecule has 2 aromatic heterocycles. The van der Waals surface area contributed by atoms with E-state index in [0.717, 1.165) is 16.9 Å². The molecule has 0 fully saturated rings. The molecule has 0 saturated heterocycles. The number of aromatic nitrogens is 3. The van der Waals surface area contributed by atoms with Crippen LogP contribution in [0.1, 0.15) is 11.1 Å². The first-order valence-corrected chi connectivity index (χ1v) is 8.57. The predicted octanol–water partition coefficient (Wildman–Crippen LogP) is 3.23. The highest BCUT2D eigenvalue weighted by molar-refractivity contribution is 6.30. The Morgan fingerprint density at radius 1 is 1.12 bits per heavy atom. The van der Waals surface area contributed by atoms with Crippen molar-refractivity contribution < 1.29 is 4.79 Å². The topological polar surface area (TPSA) is 63.1 Å². The number of nitrogens with zero attached hydrogens (tertiary/aromatic N) is 4. The van der Waals surface area contributed by atoms with E-state index in [1.807, 2.05) is 61.6 Å². The van der Waals surface area contributed by atoms with Crippen LogP contribution in [-0.2, 0) is 17.8 Å². The summed E-state index contributed by atoms with van der Waals surface area (Å²) in [5.41, 5.74) is 1.94. The van der Waals surface area contributed by atoms with Crippen LogP contribution in [0.25, 0.3) is 0 Å². The summed E-state index contributed by atoms with van der Waals surface area (Å²) in [5.74, 6) is 1.26. The molecule has 0 saturated carbocycles. The third-order valence-corrected chi connectivity index (χ3v) is 4.05. The summed E-state index contributed by atoms with van der Waals surface area (Å²) < 4.78 is 1.77. The summed E-state index contributed by atoms with van der Waals surface area (Å²) in [4.78, 5) is 18.4. The second-order valence-electron chi connectivity index (χ2n) is 6.17. The van der Waals surface area contributed by atoms with E-state index in [4.69, 9.17) is 11.6 Å². The van der Waals surface area contributed by atoms with Gasteiger partial charge in [0.25, 0.3) is 0 Å². The van der Waals surface area contributed by atoms with Crippen LogP contribution in [0.3, 0.4) is 0 Å². The second-order valence-corrected chi connectivity index (χ2v) is 6.61. The van der Waals surface area contributed by atoms with Gasteiger partial charge in [0.2, 0.25) is 5.91 Å². The van der Waals surface area contributed by atoms with Gasteiger partial charge in [-0.1, -0.05) is 29.8 Å². The van der Waals surface area contributed by atoms with E-state index >= 15 is 0 Å². The summed E-state index contributed by atoms with van der Waals surface area (Å²) in [6, 6.07) is 13.2. The SMILES string of the molecule is CN(C)c1ccc(CC(=O)Nc2ccn(Cc3ccc(Cl)cc3)n2)cn1. The van der Waals surface area contributed by atoms with Gasteiger partial charge in [0.05, 0.1) is 13.0 Å². The number of halogens is 1. The number of anilines is 2. The van der Waals surface area contributed by atoms with Crippen LogP contribution in [0.15, 0.2) is 54.9 Å². The first-order chi connectivity index (χ1) is 12.5. The average molecular weight is 370 g/mol. The Morgan fingerprint density at radius 2 is 1.85 bits per heavy atom. The van der Waals surface area contributed by atoms with Gasteiger partial charge in [-0.25, -0.2) is 4.98 Å². The molecule has 0 aliphatic rings. The minimum Gasteiger partial charge on any atom is -0.363 e. The van der Waals surface area contributed by atoms with E-state index in [9.17, 15) is 4.79 Å². The van der Waals surface area contributed by atoms with Crippen LogP contribution in [0.2, 0.25) is 5.02 Å². The minimum absolute atomic E-state index is 0.124. The van der Waals surface area contributed by atoms with Crippen molar-refractivity contribution in [1.82, 2.24) is 14.8 Å². The number of carbonyl (C=O) groups is 1. The Balaban J connectivity index is 1.56. The maximum Gasteiger partial charge on any atom is 0.230 e. The lowest BCUT2D eigenvalue weighted by Crippen LogP contribution is -2.16. The van der Waals surface area contributed by atoms with Gasteiger partial charge in [-0.15, -0.1) is 0 Å². The van der Waals surface area contributed by atoms with Crippen LogP contribution >= 0.6 is 11.6 Å². The zero-order chi connectivity index (χ0) is 18.5. The summed E-state index contributed by atoms with van der Waals surface area (Å²) in [6.07, 6.45) is 3.80. The van der Waals surface area contributed by atoms with Crippen LogP contribution < -0.4 is 10.2 Å². The molecular formula is C19H20ClN5O. The molecule has 0 spiro atoms. The van der Waals surface area contributed by atoms with E-state index in [-0.39, 0.29) is 12.3 Å². The number of amides is 1. The largest absolute Gasteiger partial charge is 0.363 e. The van der Waals surface area contributed by atoms with Crippen molar-refractivity contribution >= 4 is 29.1 Å². The molecule has 0 atom stereocenters. The third-order valence-electron chi connectivity index (χ3n) is 3.80. The number of benzene rings is 1. The van der Waals surface area contributed by atoms with Crippen molar-refractivity contribution in [3.05, 3.63) is 71.0 Å². The zero-order valence-corrected chi connectivity index (χ0v) is 15.4. The van der Waals surface area contributed by atoms with Gasteiger partial charge in [0.15, 0.2) is 5.82 Å². The smallest absolute Gasteiger partial charge is 0.230 e. The lowest BCUT2D eigenvalue weighted by molar-refractivity contribution is -0.115. The summed E-state index contributed by atoms with van der Waals surface area (Å²) >= 11 is 5.89. The molecule has 2 heterocycles. The van der Waals surface area contributed by atoms with Gasteiger partial charge in [-0.3, -0.25) is 9.48 Å².